The zero-order chi connectivity index (χ0) is 20.3. The van der Waals surface area contributed by atoms with Crippen molar-refractivity contribution in [1.82, 2.24) is 0 Å². The van der Waals surface area contributed by atoms with Crippen LogP contribution in [0, 0.1) is 35.5 Å². The predicted octanol–water partition coefficient (Wildman–Crippen LogP) is 8.74. The second kappa shape index (κ2) is 10.5. The van der Waals surface area contributed by atoms with E-state index in [1.165, 1.54) is 116 Å². The van der Waals surface area contributed by atoms with E-state index in [0.717, 1.165) is 34.7 Å². The summed E-state index contributed by atoms with van der Waals surface area (Å²) in [5.74, 6) is 11.1. The van der Waals surface area contributed by atoms with E-state index < -0.39 is 0 Å². The summed E-state index contributed by atoms with van der Waals surface area (Å²) in [6, 6.07) is 0. The number of fused-ring (bicyclic) bond motifs is 1. The van der Waals surface area contributed by atoms with Gasteiger partial charge in [-0.05, 0) is 80.2 Å². The quantitative estimate of drug-likeness (QED) is 0.226. The molecule has 1 heterocycles. The molecule has 0 amide bonds. The molecule has 5 fully saturated rings. The van der Waals surface area contributed by atoms with E-state index in [1.807, 2.05) is 0 Å². The van der Waals surface area contributed by atoms with E-state index in [0.29, 0.717) is 11.3 Å². The fourth-order valence-electron chi connectivity index (χ4n) is 8.07. The van der Waals surface area contributed by atoms with Crippen LogP contribution in [0.3, 0.4) is 0 Å². The van der Waals surface area contributed by atoms with Crippen molar-refractivity contribution in [1.29, 1.82) is 0 Å². The maximum atomic E-state index is 7.43. The van der Waals surface area contributed by atoms with E-state index in [4.69, 9.17) is 11.6 Å². The molecule has 30 heavy (non-hydrogen) atoms. The fourth-order valence-corrected chi connectivity index (χ4v) is 14.2. The number of alkyl halides is 1. The van der Waals surface area contributed by atoms with E-state index in [2.05, 4.69) is 11.8 Å². The van der Waals surface area contributed by atoms with Gasteiger partial charge in [0.1, 0.15) is 0 Å². The first-order valence-corrected chi connectivity index (χ1v) is 15.7. The SMILES string of the molecule is ClC1C2CCCCC2P(C2CCCCC2C#CC2CCCCC2)C1C1CCCCC1. The highest BCUT2D eigenvalue weighted by molar-refractivity contribution is 7.60. The Balaban J connectivity index is 1.40. The molecular formula is C28H44ClP. The van der Waals surface area contributed by atoms with Gasteiger partial charge in [0.2, 0.25) is 0 Å². The lowest BCUT2D eigenvalue weighted by Gasteiger charge is -2.43. The standard InChI is InChI=1S/C28H44ClP/c29-27-24-16-8-10-18-26(24)30(28(27)23-14-5-2-6-15-23)25-17-9-7-13-22(25)20-19-21-11-3-1-4-12-21/h21-28H,1-18H2. The Bertz CT molecular complexity index is 608. The summed E-state index contributed by atoms with van der Waals surface area (Å²) >= 11 is 7.43. The van der Waals surface area contributed by atoms with Crippen LogP contribution in [0.4, 0.5) is 0 Å². The third kappa shape index (κ3) is 4.65. The molecule has 0 bridgehead atoms. The first kappa shape index (κ1) is 22.1. The molecule has 5 aliphatic rings. The summed E-state index contributed by atoms with van der Waals surface area (Å²) in [5.41, 5.74) is 2.79. The Morgan fingerprint density at radius 1 is 0.567 bits per heavy atom. The minimum atomic E-state index is 0.0509. The third-order valence-corrected chi connectivity index (χ3v) is 14.6. The second-order valence-electron chi connectivity index (χ2n) is 11.4. The van der Waals surface area contributed by atoms with Crippen molar-refractivity contribution >= 4 is 19.5 Å². The predicted molar refractivity (Wildman–Crippen MR) is 133 cm³/mol. The van der Waals surface area contributed by atoms with Gasteiger partial charge in [0.15, 0.2) is 0 Å². The molecule has 4 aliphatic carbocycles. The van der Waals surface area contributed by atoms with Gasteiger partial charge in [0, 0.05) is 17.2 Å². The smallest absolute Gasteiger partial charge is 0.0440 e. The van der Waals surface area contributed by atoms with Crippen LogP contribution >= 0.6 is 19.5 Å². The molecule has 0 aromatic carbocycles. The molecule has 0 aromatic heterocycles. The van der Waals surface area contributed by atoms with Crippen LogP contribution in [0.5, 0.6) is 0 Å². The minimum Gasteiger partial charge on any atom is -0.122 e. The number of halogens is 1. The van der Waals surface area contributed by atoms with E-state index in [1.54, 1.807) is 0 Å². The maximum absolute atomic E-state index is 7.43. The average Bonchev–Trinajstić information content (AvgIpc) is 3.11. The van der Waals surface area contributed by atoms with Crippen molar-refractivity contribution < 1.29 is 0 Å². The molecule has 7 atom stereocenters. The molecule has 0 spiro atoms. The van der Waals surface area contributed by atoms with Crippen molar-refractivity contribution in [2.24, 2.45) is 23.7 Å². The normalized spacial score (nSPS) is 43.6. The lowest BCUT2D eigenvalue weighted by atomic mass is 9.80. The Hall–Kier alpha value is 0.280. The highest BCUT2D eigenvalue weighted by Crippen LogP contribution is 2.71. The Labute approximate surface area is 192 Å². The summed E-state index contributed by atoms with van der Waals surface area (Å²) in [6.45, 7) is 0. The molecule has 1 saturated heterocycles. The Morgan fingerprint density at radius 3 is 1.93 bits per heavy atom. The number of rotatable bonds is 2. The minimum absolute atomic E-state index is 0.0509. The monoisotopic (exact) mass is 446 g/mol. The van der Waals surface area contributed by atoms with E-state index in [-0.39, 0.29) is 7.92 Å². The molecule has 5 rings (SSSR count). The van der Waals surface area contributed by atoms with Gasteiger partial charge < -0.3 is 0 Å². The topological polar surface area (TPSA) is 0 Å². The van der Waals surface area contributed by atoms with Gasteiger partial charge in [-0.2, -0.15) is 0 Å². The van der Waals surface area contributed by atoms with Gasteiger partial charge in [-0.1, -0.05) is 84.0 Å². The van der Waals surface area contributed by atoms with Gasteiger partial charge in [0.25, 0.3) is 0 Å². The first-order chi connectivity index (χ1) is 14.8. The van der Waals surface area contributed by atoms with Crippen molar-refractivity contribution in [2.75, 3.05) is 0 Å². The number of hydrogen-bond donors (Lipinski definition) is 0. The fraction of sp³-hybridized carbons (Fsp3) is 0.929. The molecule has 0 nitrogen and oxygen atoms in total. The molecular weight excluding hydrogens is 403 g/mol. The van der Waals surface area contributed by atoms with Gasteiger partial charge >= 0.3 is 0 Å². The maximum Gasteiger partial charge on any atom is 0.0440 e. The van der Waals surface area contributed by atoms with Crippen LogP contribution in [0.25, 0.3) is 0 Å². The molecule has 0 radical (unpaired) electrons. The van der Waals surface area contributed by atoms with Gasteiger partial charge in [-0.15, -0.1) is 11.6 Å². The van der Waals surface area contributed by atoms with Gasteiger partial charge in [0.05, 0.1) is 0 Å². The summed E-state index contributed by atoms with van der Waals surface area (Å²) in [7, 11) is 0.0509. The van der Waals surface area contributed by atoms with Crippen LogP contribution in [-0.4, -0.2) is 22.4 Å². The van der Waals surface area contributed by atoms with Crippen LogP contribution in [-0.2, 0) is 0 Å². The summed E-state index contributed by atoms with van der Waals surface area (Å²) < 4.78 is 0. The molecule has 4 saturated carbocycles. The number of hydrogen-bond acceptors (Lipinski definition) is 0. The average molecular weight is 447 g/mol. The summed E-state index contributed by atoms with van der Waals surface area (Å²) in [6.07, 6.45) is 26.0. The Morgan fingerprint density at radius 2 is 1.17 bits per heavy atom. The van der Waals surface area contributed by atoms with Crippen molar-refractivity contribution in [3.8, 4) is 11.8 Å². The summed E-state index contributed by atoms with van der Waals surface area (Å²) in [4.78, 5) is 0. The molecule has 0 aromatic rings. The lowest BCUT2D eigenvalue weighted by Crippen LogP contribution is -2.33. The van der Waals surface area contributed by atoms with Crippen LogP contribution in [0.15, 0.2) is 0 Å². The molecule has 2 heteroatoms. The van der Waals surface area contributed by atoms with E-state index in [9.17, 15) is 0 Å². The zero-order valence-electron chi connectivity index (χ0n) is 19.2. The zero-order valence-corrected chi connectivity index (χ0v) is 20.8. The highest BCUT2D eigenvalue weighted by atomic mass is 35.5. The largest absolute Gasteiger partial charge is 0.122 e. The highest BCUT2D eigenvalue weighted by Gasteiger charge is 2.55. The van der Waals surface area contributed by atoms with Gasteiger partial charge in [-0.3, -0.25) is 0 Å². The van der Waals surface area contributed by atoms with E-state index >= 15 is 0 Å². The molecule has 0 N–H and O–H groups in total. The molecule has 168 valence electrons. The van der Waals surface area contributed by atoms with Crippen molar-refractivity contribution in [3.63, 3.8) is 0 Å². The van der Waals surface area contributed by atoms with Crippen molar-refractivity contribution in [2.45, 2.75) is 138 Å². The third-order valence-electron chi connectivity index (χ3n) is 9.57. The second-order valence-corrected chi connectivity index (χ2v) is 14.7. The van der Waals surface area contributed by atoms with Crippen molar-refractivity contribution in [3.05, 3.63) is 0 Å². The molecule has 7 unspecified atom stereocenters. The molecule has 1 aliphatic heterocycles. The van der Waals surface area contributed by atoms with Gasteiger partial charge in [-0.25, -0.2) is 0 Å². The van der Waals surface area contributed by atoms with Crippen LogP contribution < -0.4 is 0 Å². The Kier molecular flexibility index (Phi) is 7.71. The van der Waals surface area contributed by atoms with Crippen LogP contribution in [0.1, 0.15) is 116 Å². The first-order valence-electron chi connectivity index (χ1n) is 13.8. The lowest BCUT2D eigenvalue weighted by molar-refractivity contribution is 0.311. The van der Waals surface area contributed by atoms with Crippen LogP contribution in [0.2, 0.25) is 0 Å². The summed E-state index contributed by atoms with van der Waals surface area (Å²) in [5, 5.41) is 0.499.